The molecular weight excluding hydrogens is 621 g/mol. The Hall–Kier alpha value is 0.0600. The maximum atomic E-state index is 12.8. The average Bonchev–Trinajstić information content (AvgIpc) is 3.32. The summed E-state index contributed by atoms with van der Waals surface area (Å²) in [5.41, 5.74) is 1.69. The number of esters is 1. The Morgan fingerprint density at radius 2 is 1.77 bits per heavy atom. The Balaban J connectivity index is 0.000000257. The molecule has 6 rings (SSSR count). The molecule has 0 spiro atoms. The van der Waals surface area contributed by atoms with E-state index in [-0.39, 0.29) is 70.6 Å². The number of piperidine rings is 1. The van der Waals surface area contributed by atoms with Crippen molar-refractivity contribution in [2.45, 2.75) is 81.5 Å². The fourth-order valence-corrected chi connectivity index (χ4v) is 7.68. The first-order chi connectivity index (χ1) is 19.8. The minimum absolute atomic E-state index is 0. The van der Waals surface area contributed by atoms with E-state index < -0.39 is 56.8 Å². The van der Waals surface area contributed by atoms with Gasteiger partial charge in [-0.2, -0.15) is 0 Å². The zero-order chi connectivity index (χ0) is 30.6. The van der Waals surface area contributed by atoms with Crippen molar-refractivity contribution in [1.82, 2.24) is 9.47 Å². The monoisotopic (exact) mass is 662 g/mol. The summed E-state index contributed by atoms with van der Waals surface area (Å²) >= 11 is 0. The van der Waals surface area contributed by atoms with Gasteiger partial charge in [-0.1, -0.05) is 25.1 Å². The number of hydrogen-bond acceptors (Lipinski definition) is 11. The van der Waals surface area contributed by atoms with Crippen molar-refractivity contribution in [2.24, 2.45) is 5.41 Å². The molecule has 1 aromatic heterocycles. The maximum absolute atomic E-state index is 12.8. The van der Waals surface area contributed by atoms with Gasteiger partial charge in [-0.05, 0) is 49.3 Å². The van der Waals surface area contributed by atoms with Crippen LogP contribution >= 0.6 is 7.82 Å². The number of aliphatic hydroxyl groups excluding tert-OH is 4. The van der Waals surface area contributed by atoms with Gasteiger partial charge in [0.15, 0.2) is 6.29 Å². The summed E-state index contributed by atoms with van der Waals surface area (Å²) in [5, 5.41) is 49.6. The van der Waals surface area contributed by atoms with Crippen LogP contribution < -0.4 is 0 Å². The molecule has 17 heteroatoms. The van der Waals surface area contributed by atoms with E-state index in [1.165, 1.54) is 18.1 Å². The normalized spacial score (nSPS) is 34.5. The number of fused-ring (bicyclic) bond motifs is 3. The molecule has 2 saturated heterocycles. The average molecular weight is 663 g/mol. The van der Waals surface area contributed by atoms with Crippen LogP contribution in [0, 0.1) is 5.41 Å². The van der Waals surface area contributed by atoms with Gasteiger partial charge in [0.1, 0.15) is 24.4 Å². The van der Waals surface area contributed by atoms with Crippen molar-refractivity contribution in [3.63, 3.8) is 0 Å². The minimum atomic E-state index is -4.73. The Morgan fingerprint density at radius 3 is 2.41 bits per heavy atom. The number of phosphoric ester groups is 1. The number of para-hydroxylation sites is 1. The van der Waals surface area contributed by atoms with Gasteiger partial charge in [0.2, 0.25) is 5.72 Å². The van der Waals surface area contributed by atoms with Crippen LogP contribution in [0.25, 0.3) is 10.9 Å². The molecule has 238 valence electrons. The Labute approximate surface area is 299 Å². The van der Waals surface area contributed by atoms with Crippen molar-refractivity contribution in [3.8, 4) is 0 Å². The molecule has 1 aromatic carbocycles. The van der Waals surface area contributed by atoms with Gasteiger partial charge in [-0.15, -0.1) is 0 Å². The zero-order valence-electron chi connectivity index (χ0n) is 23.4. The van der Waals surface area contributed by atoms with E-state index in [2.05, 4.69) is 27.2 Å². The molecule has 0 radical (unpaired) electrons. The summed E-state index contributed by atoms with van der Waals surface area (Å²) in [7, 11) is -3.36. The number of ether oxygens (including phenoxy) is 2. The SMILES string of the molecule is CC[C@]12CCCN3CCc4c(n(c5ccccc45)[C@@](O)(C(=O)OC)C1)[C@@H]32.O=P(O)(O)OC[C@H]1O[C@H](O)[C@H](O)[C@@H](O)[C@@H]1O.[NaH].[NaH]. The van der Waals surface area contributed by atoms with Gasteiger partial charge in [-0.25, -0.2) is 9.36 Å². The summed E-state index contributed by atoms with van der Waals surface area (Å²) in [5.74, 6) is -0.546. The quantitative estimate of drug-likeness (QED) is 0.111. The number of benzene rings is 1. The van der Waals surface area contributed by atoms with E-state index in [1.54, 1.807) is 0 Å². The van der Waals surface area contributed by atoms with Crippen LogP contribution in [0.15, 0.2) is 24.3 Å². The Morgan fingerprint density at radius 1 is 1.09 bits per heavy atom. The second-order valence-electron chi connectivity index (χ2n) is 11.5. The fraction of sp³-hybridized carbons (Fsp3) is 0.667. The third kappa shape index (κ3) is 6.81. The molecule has 0 bridgehead atoms. The number of aliphatic hydroxyl groups is 5. The number of rotatable bonds is 5. The molecular formula is C27H41N2Na2O12P. The standard InChI is InChI=1S/C21H26N2O3.C6H13O9P.2Na.2H/c1-3-20-10-6-11-22-12-9-15-14-7-4-5-8-16(14)23(17(15)18(20)22)21(25,13-20)19(24)26-2;7-3-2(1-14-16(11,12)13)15-6(10)5(9)4(3)8;;;;/h4-5,7-8,18,25H,3,6,9-13H2,1-2H3;2-10H,1H2,(H2,11,12,13);;;;/t18-,20+,21+;2-,3-,4+,5-,6+;;;;/m11..../s1. The first-order valence-corrected chi connectivity index (χ1v) is 15.6. The van der Waals surface area contributed by atoms with E-state index in [4.69, 9.17) is 24.7 Å². The van der Waals surface area contributed by atoms with E-state index in [0.717, 1.165) is 50.0 Å². The van der Waals surface area contributed by atoms with Gasteiger partial charge in [0.05, 0.1) is 25.3 Å². The summed E-state index contributed by atoms with van der Waals surface area (Å²) in [6.45, 7) is 3.63. The zero-order valence-corrected chi connectivity index (χ0v) is 24.3. The van der Waals surface area contributed by atoms with Crippen LogP contribution in [0.4, 0.5) is 0 Å². The van der Waals surface area contributed by atoms with Gasteiger partial charge >= 0.3 is 72.9 Å². The number of carbonyl (C=O) groups excluding carboxylic acids is 1. The molecule has 4 aliphatic rings. The number of carbonyl (C=O) groups is 1. The first-order valence-electron chi connectivity index (χ1n) is 14.0. The van der Waals surface area contributed by atoms with Crippen molar-refractivity contribution in [1.29, 1.82) is 0 Å². The van der Waals surface area contributed by atoms with Crippen LogP contribution in [-0.4, -0.2) is 167 Å². The van der Waals surface area contributed by atoms with Crippen molar-refractivity contribution < 1.29 is 58.7 Å². The molecule has 0 aliphatic carbocycles. The van der Waals surface area contributed by atoms with Crippen molar-refractivity contribution in [2.75, 3.05) is 26.8 Å². The molecule has 8 atom stereocenters. The van der Waals surface area contributed by atoms with E-state index >= 15 is 0 Å². The summed E-state index contributed by atoms with van der Waals surface area (Å²) in [6.07, 6.45) is -3.59. The molecule has 0 unspecified atom stereocenters. The Kier molecular flexibility index (Phi) is 12.8. The topological polar surface area (TPSA) is 212 Å². The van der Waals surface area contributed by atoms with Crippen LogP contribution in [0.5, 0.6) is 0 Å². The molecule has 44 heavy (non-hydrogen) atoms. The van der Waals surface area contributed by atoms with Crippen LogP contribution in [0.1, 0.15) is 49.9 Å². The third-order valence-electron chi connectivity index (χ3n) is 9.27. The van der Waals surface area contributed by atoms with Gasteiger partial charge < -0.3 is 49.4 Å². The molecule has 2 fully saturated rings. The first kappa shape index (κ1) is 38.5. The van der Waals surface area contributed by atoms with Crippen LogP contribution in [0.2, 0.25) is 0 Å². The molecule has 2 aromatic rings. The second kappa shape index (κ2) is 14.7. The van der Waals surface area contributed by atoms with Crippen LogP contribution in [0.3, 0.4) is 0 Å². The molecule has 7 N–H and O–H groups in total. The number of phosphoric acid groups is 1. The predicted octanol–water partition coefficient (Wildman–Crippen LogP) is -1.45. The molecule has 0 amide bonds. The third-order valence-corrected chi connectivity index (χ3v) is 9.76. The van der Waals surface area contributed by atoms with Gasteiger partial charge in [0, 0.05) is 24.0 Å². The summed E-state index contributed by atoms with van der Waals surface area (Å²) in [4.78, 5) is 32.2. The van der Waals surface area contributed by atoms with E-state index in [9.17, 15) is 24.7 Å². The molecule has 14 nitrogen and oxygen atoms in total. The van der Waals surface area contributed by atoms with Gasteiger partial charge in [0.25, 0.3) is 0 Å². The number of nitrogens with zero attached hydrogens (tertiary/aromatic N) is 2. The van der Waals surface area contributed by atoms with Crippen LogP contribution in [-0.2, 0) is 35.5 Å². The van der Waals surface area contributed by atoms with Crippen molar-refractivity contribution >= 4 is 83.8 Å². The second-order valence-corrected chi connectivity index (χ2v) is 12.8. The number of methoxy groups -OCH3 is 1. The molecule has 4 aliphatic heterocycles. The van der Waals surface area contributed by atoms with E-state index in [1.807, 2.05) is 22.8 Å². The Bertz CT molecular complexity index is 1380. The van der Waals surface area contributed by atoms with Gasteiger partial charge in [-0.3, -0.25) is 9.42 Å². The van der Waals surface area contributed by atoms with E-state index in [0.29, 0.717) is 6.42 Å². The summed E-state index contributed by atoms with van der Waals surface area (Å²) in [6, 6.07) is 8.45. The molecule has 5 heterocycles. The fourth-order valence-electron chi connectivity index (χ4n) is 7.34. The number of aromatic nitrogens is 1. The summed E-state index contributed by atoms with van der Waals surface area (Å²) < 4.78 is 26.0. The molecule has 0 saturated carbocycles. The number of hydrogen-bond donors (Lipinski definition) is 7. The van der Waals surface area contributed by atoms with Crippen molar-refractivity contribution in [3.05, 3.63) is 35.5 Å². The predicted molar refractivity (Wildman–Crippen MR) is 160 cm³/mol.